The van der Waals surface area contributed by atoms with Gasteiger partial charge in [0.05, 0.1) is 6.04 Å². The smallest absolute Gasteiger partial charge is 0.262 e. The number of hydrogen-bond donors (Lipinski definition) is 1. The molecule has 5 nitrogen and oxygen atoms in total. The highest BCUT2D eigenvalue weighted by Crippen LogP contribution is 2.38. The van der Waals surface area contributed by atoms with E-state index in [2.05, 4.69) is 5.32 Å². The van der Waals surface area contributed by atoms with E-state index in [1.54, 1.807) is 6.07 Å². The van der Waals surface area contributed by atoms with Crippen LogP contribution in [0.15, 0.2) is 66.7 Å². The Morgan fingerprint density at radius 1 is 1.09 bits per heavy atom. The van der Waals surface area contributed by atoms with Crippen LogP contribution >= 0.6 is 0 Å². The van der Waals surface area contributed by atoms with E-state index in [1.807, 2.05) is 74.2 Å². The highest BCUT2D eigenvalue weighted by Gasteiger charge is 2.32. The Bertz CT molecular complexity index is 1220. The van der Waals surface area contributed by atoms with Crippen molar-refractivity contribution in [2.75, 3.05) is 18.5 Å². The third kappa shape index (κ3) is 6.07. The number of aryl methyl sites for hydroxylation is 1. The van der Waals surface area contributed by atoms with E-state index in [9.17, 15) is 14.0 Å². The highest BCUT2D eigenvalue weighted by molar-refractivity contribution is 5.91. The number of anilines is 1. The van der Waals surface area contributed by atoms with Gasteiger partial charge in [0.15, 0.2) is 6.61 Å². The second-order valence-corrected chi connectivity index (χ2v) is 9.46. The molecule has 182 valence electrons. The van der Waals surface area contributed by atoms with Gasteiger partial charge < -0.3 is 15.0 Å². The maximum Gasteiger partial charge on any atom is 0.262 e. The molecule has 0 aromatic heterocycles. The topological polar surface area (TPSA) is 58.6 Å². The number of nitrogens with zero attached hydrogens (tertiary/aromatic N) is 1. The Balaban J connectivity index is 1.57. The van der Waals surface area contributed by atoms with E-state index in [0.717, 1.165) is 27.9 Å². The van der Waals surface area contributed by atoms with E-state index in [-0.39, 0.29) is 30.2 Å². The van der Waals surface area contributed by atoms with Gasteiger partial charge in [0, 0.05) is 18.7 Å². The molecule has 6 heteroatoms. The largest absolute Gasteiger partial charge is 0.484 e. The zero-order valence-electron chi connectivity index (χ0n) is 20.4. The molecule has 1 aliphatic rings. The first-order valence-corrected chi connectivity index (χ1v) is 12.0. The molecule has 1 aliphatic heterocycles. The van der Waals surface area contributed by atoms with Gasteiger partial charge >= 0.3 is 0 Å². The van der Waals surface area contributed by atoms with Crippen LogP contribution in [-0.4, -0.2) is 29.9 Å². The van der Waals surface area contributed by atoms with Crippen molar-refractivity contribution in [2.24, 2.45) is 5.92 Å². The molecule has 0 radical (unpaired) electrons. The Morgan fingerprint density at radius 3 is 2.63 bits per heavy atom. The van der Waals surface area contributed by atoms with Gasteiger partial charge in [-0.1, -0.05) is 44.2 Å². The van der Waals surface area contributed by atoms with Crippen LogP contribution < -0.4 is 10.1 Å². The number of carbonyl (C=O) groups excluding carboxylic acids is 2. The summed E-state index contributed by atoms with van der Waals surface area (Å²) in [6.45, 7) is 6.41. The van der Waals surface area contributed by atoms with E-state index in [0.29, 0.717) is 25.1 Å². The molecule has 1 heterocycles. The van der Waals surface area contributed by atoms with Crippen molar-refractivity contribution in [2.45, 2.75) is 39.7 Å². The van der Waals surface area contributed by atoms with Gasteiger partial charge in [-0.05, 0) is 77.9 Å². The molecule has 1 N–H and O–H groups in total. The Hall–Kier alpha value is -3.67. The molecule has 2 amide bonds. The van der Waals surface area contributed by atoms with E-state index in [4.69, 9.17) is 4.74 Å². The molecule has 0 bridgehead atoms. The van der Waals surface area contributed by atoms with Crippen LogP contribution in [0.25, 0.3) is 0 Å². The second kappa shape index (κ2) is 10.7. The van der Waals surface area contributed by atoms with Crippen LogP contribution in [0.3, 0.4) is 0 Å². The van der Waals surface area contributed by atoms with Crippen molar-refractivity contribution in [3.05, 3.63) is 94.8 Å². The SMILES string of the molecule is Cc1cccc(NC(=O)COc2ccc3c(c2)[C@@H](c2cccc(F)c2)N(C(=O)CC(C)C)CC3)c1. The van der Waals surface area contributed by atoms with Crippen LogP contribution in [-0.2, 0) is 16.0 Å². The average molecular weight is 475 g/mol. The van der Waals surface area contributed by atoms with Crippen molar-refractivity contribution in [1.29, 1.82) is 0 Å². The van der Waals surface area contributed by atoms with Crippen LogP contribution in [0.1, 0.15) is 48.6 Å². The highest BCUT2D eigenvalue weighted by atomic mass is 19.1. The van der Waals surface area contributed by atoms with E-state index in [1.165, 1.54) is 12.1 Å². The van der Waals surface area contributed by atoms with Crippen molar-refractivity contribution >= 4 is 17.5 Å². The van der Waals surface area contributed by atoms with Crippen molar-refractivity contribution < 1.29 is 18.7 Å². The monoisotopic (exact) mass is 474 g/mol. The number of ether oxygens (including phenoxy) is 1. The summed E-state index contributed by atoms with van der Waals surface area (Å²) < 4.78 is 20.0. The molecule has 0 fully saturated rings. The summed E-state index contributed by atoms with van der Waals surface area (Å²) in [5.41, 5.74) is 4.48. The van der Waals surface area contributed by atoms with Gasteiger partial charge in [0.2, 0.25) is 5.91 Å². The Kier molecular flexibility index (Phi) is 7.49. The standard InChI is InChI=1S/C29H31FN2O3/c1-19(2)14-28(34)32-13-12-21-10-11-25(17-26(21)29(32)22-7-5-8-23(30)16-22)35-18-27(33)31-24-9-4-6-20(3)15-24/h4-11,15-17,19,29H,12-14,18H2,1-3H3,(H,31,33)/t29-/m1/s1. The maximum absolute atomic E-state index is 14.2. The van der Waals surface area contributed by atoms with Gasteiger partial charge in [-0.2, -0.15) is 0 Å². The van der Waals surface area contributed by atoms with Crippen LogP contribution in [0.4, 0.5) is 10.1 Å². The number of carbonyl (C=O) groups is 2. The van der Waals surface area contributed by atoms with Gasteiger partial charge in [0.1, 0.15) is 11.6 Å². The number of nitrogens with one attached hydrogen (secondary N) is 1. The fourth-order valence-corrected chi connectivity index (χ4v) is 4.52. The third-order valence-electron chi connectivity index (χ3n) is 6.09. The lowest BCUT2D eigenvalue weighted by molar-refractivity contribution is -0.134. The predicted molar refractivity (Wildman–Crippen MR) is 135 cm³/mol. The molecular weight excluding hydrogens is 443 g/mol. The summed E-state index contributed by atoms with van der Waals surface area (Å²) in [5, 5.41) is 2.84. The molecule has 0 unspecified atom stereocenters. The average Bonchev–Trinajstić information content (AvgIpc) is 2.81. The predicted octanol–water partition coefficient (Wildman–Crippen LogP) is 5.67. The normalized spacial score (nSPS) is 15.0. The van der Waals surface area contributed by atoms with Crippen LogP contribution in [0.2, 0.25) is 0 Å². The van der Waals surface area contributed by atoms with Crippen molar-refractivity contribution in [1.82, 2.24) is 4.90 Å². The minimum atomic E-state index is -0.412. The van der Waals surface area contributed by atoms with E-state index < -0.39 is 6.04 Å². The lowest BCUT2D eigenvalue weighted by Crippen LogP contribution is -2.41. The summed E-state index contributed by atoms with van der Waals surface area (Å²) in [4.78, 5) is 27.4. The molecule has 3 aromatic rings. The van der Waals surface area contributed by atoms with Gasteiger partial charge in [-0.15, -0.1) is 0 Å². The lowest BCUT2D eigenvalue weighted by atomic mass is 9.87. The molecule has 0 saturated heterocycles. The summed E-state index contributed by atoms with van der Waals surface area (Å²) in [6.07, 6.45) is 1.13. The van der Waals surface area contributed by atoms with E-state index >= 15 is 0 Å². The van der Waals surface area contributed by atoms with Gasteiger partial charge in [0.25, 0.3) is 5.91 Å². The number of halogens is 1. The molecule has 3 aromatic carbocycles. The third-order valence-corrected chi connectivity index (χ3v) is 6.09. The molecular formula is C29H31FN2O3. The van der Waals surface area contributed by atoms with Crippen molar-refractivity contribution in [3.8, 4) is 5.75 Å². The summed E-state index contributed by atoms with van der Waals surface area (Å²) in [7, 11) is 0. The quantitative estimate of drug-likeness (QED) is 0.480. The number of amides is 2. The summed E-state index contributed by atoms with van der Waals surface area (Å²) >= 11 is 0. The minimum absolute atomic E-state index is 0.0452. The fraction of sp³-hybridized carbons (Fsp3) is 0.310. The number of hydrogen-bond acceptors (Lipinski definition) is 3. The van der Waals surface area contributed by atoms with Crippen LogP contribution in [0.5, 0.6) is 5.75 Å². The minimum Gasteiger partial charge on any atom is -0.484 e. The zero-order valence-corrected chi connectivity index (χ0v) is 20.4. The number of rotatable bonds is 7. The first kappa shape index (κ1) is 24.5. The van der Waals surface area contributed by atoms with Gasteiger partial charge in [-0.25, -0.2) is 4.39 Å². The second-order valence-electron chi connectivity index (χ2n) is 9.46. The number of fused-ring (bicyclic) bond motifs is 1. The molecule has 0 aliphatic carbocycles. The van der Waals surface area contributed by atoms with Crippen molar-refractivity contribution in [3.63, 3.8) is 0 Å². The molecule has 35 heavy (non-hydrogen) atoms. The summed E-state index contributed by atoms with van der Waals surface area (Å²) in [5.74, 6) is 0.194. The molecule has 0 spiro atoms. The Morgan fingerprint density at radius 2 is 1.89 bits per heavy atom. The molecule has 1 atom stereocenters. The molecule has 0 saturated carbocycles. The summed E-state index contributed by atoms with van der Waals surface area (Å²) in [6, 6.07) is 19.2. The first-order valence-electron chi connectivity index (χ1n) is 12.0. The Labute approximate surface area is 205 Å². The molecule has 4 rings (SSSR count). The fourth-order valence-electron chi connectivity index (χ4n) is 4.52. The van der Waals surface area contributed by atoms with Gasteiger partial charge in [-0.3, -0.25) is 9.59 Å². The number of benzene rings is 3. The lowest BCUT2D eigenvalue weighted by Gasteiger charge is -2.38. The maximum atomic E-state index is 14.2. The van der Waals surface area contributed by atoms with Crippen LogP contribution in [0, 0.1) is 18.7 Å². The first-order chi connectivity index (χ1) is 16.8. The zero-order chi connectivity index (χ0) is 24.9.